The second-order valence-electron chi connectivity index (χ2n) is 5.74. The summed E-state index contributed by atoms with van der Waals surface area (Å²) in [6.07, 6.45) is 2.90. The van der Waals surface area contributed by atoms with Crippen molar-refractivity contribution in [3.63, 3.8) is 0 Å². The Kier molecular flexibility index (Phi) is 5.15. The van der Waals surface area contributed by atoms with E-state index in [1.54, 1.807) is 24.3 Å². The number of aromatic hydroxyl groups is 1. The maximum Gasteiger partial charge on any atom is 0.164 e. The molecular weight excluding hydrogens is 252 g/mol. The summed E-state index contributed by atoms with van der Waals surface area (Å²) >= 11 is 0. The summed E-state index contributed by atoms with van der Waals surface area (Å²) in [6, 6.07) is 7.10. The van der Waals surface area contributed by atoms with Crippen LogP contribution in [0.15, 0.2) is 24.3 Å². The molecule has 4 nitrogen and oxygen atoms in total. The highest BCUT2D eigenvalue weighted by Gasteiger charge is 2.20. The molecule has 0 bridgehead atoms. The summed E-state index contributed by atoms with van der Waals surface area (Å²) in [7, 11) is 4.27. The Morgan fingerprint density at radius 1 is 1.30 bits per heavy atom. The number of ketones is 1. The number of rotatable bonds is 5. The molecule has 1 fully saturated rings. The van der Waals surface area contributed by atoms with Crippen LogP contribution in [0.25, 0.3) is 0 Å². The van der Waals surface area contributed by atoms with Gasteiger partial charge in [0.1, 0.15) is 5.75 Å². The smallest absolute Gasteiger partial charge is 0.164 e. The molecule has 0 radical (unpaired) electrons. The second-order valence-corrected chi connectivity index (χ2v) is 5.74. The zero-order valence-corrected chi connectivity index (χ0v) is 12.4. The van der Waals surface area contributed by atoms with Gasteiger partial charge in [-0.25, -0.2) is 0 Å². The van der Waals surface area contributed by atoms with Crippen LogP contribution < -0.4 is 0 Å². The van der Waals surface area contributed by atoms with Crippen LogP contribution in [0.1, 0.15) is 29.6 Å². The van der Waals surface area contributed by atoms with Gasteiger partial charge in [0.05, 0.1) is 0 Å². The van der Waals surface area contributed by atoms with E-state index in [9.17, 15) is 9.90 Å². The minimum atomic E-state index is 0.143. The van der Waals surface area contributed by atoms with E-state index in [2.05, 4.69) is 23.9 Å². The Balaban J connectivity index is 1.79. The van der Waals surface area contributed by atoms with Crippen molar-refractivity contribution in [1.82, 2.24) is 9.80 Å². The van der Waals surface area contributed by atoms with Crippen molar-refractivity contribution in [1.29, 1.82) is 0 Å². The number of carbonyl (C=O) groups excluding carboxylic acids is 1. The van der Waals surface area contributed by atoms with Gasteiger partial charge in [0.15, 0.2) is 5.78 Å². The predicted octanol–water partition coefficient (Wildman–Crippen LogP) is 1.99. The van der Waals surface area contributed by atoms with Crippen LogP contribution in [-0.4, -0.2) is 60.5 Å². The molecule has 0 atom stereocenters. The van der Waals surface area contributed by atoms with Crippen molar-refractivity contribution in [2.24, 2.45) is 0 Å². The second kappa shape index (κ2) is 6.86. The normalized spacial score (nSPS) is 17.6. The number of Topliss-reactive ketones (excluding diaryl/α,β-unsaturated/α-hetero) is 1. The number of carbonyl (C=O) groups is 1. The van der Waals surface area contributed by atoms with Gasteiger partial charge in [0.2, 0.25) is 0 Å². The van der Waals surface area contributed by atoms with Crippen LogP contribution in [0.3, 0.4) is 0 Å². The van der Waals surface area contributed by atoms with Crippen molar-refractivity contribution in [2.45, 2.75) is 25.3 Å². The fourth-order valence-electron chi connectivity index (χ4n) is 2.69. The highest BCUT2D eigenvalue weighted by molar-refractivity contribution is 5.96. The fourth-order valence-corrected chi connectivity index (χ4v) is 2.69. The SMILES string of the molecule is CN1CCC(N(C)CCC(=O)c2ccc(O)cc2)CC1. The van der Waals surface area contributed by atoms with Gasteiger partial charge < -0.3 is 14.9 Å². The van der Waals surface area contributed by atoms with Gasteiger partial charge in [-0.2, -0.15) is 0 Å². The molecule has 4 heteroatoms. The maximum atomic E-state index is 12.1. The lowest BCUT2D eigenvalue weighted by Crippen LogP contribution is -2.42. The number of nitrogens with zero attached hydrogens (tertiary/aromatic N) is 2. The third-order valence-corrected chi connectivity index (χ3v) is 4.19. The maximum absolute atomic E-state index is 12.1. The standard InChI is InChI=1S/C16H24N2O2/c1-17-10-7-14(8-11-17)18(2)12-9-16(20)13-3-5-15(19)6-4-13/h3-6,14,19H,7-12H2,1-2H3. The van der Waals surface area contributed by atoms with Crippen molar-refractivity contribution in [2.75, 3.05) is 33.7 Å². The number of likely N-dealkylation sites (tertiary alicyclic amines) is 1. The Labute approximate surface area is 121 Å². The van der Waals surface area contributed by atoms with Crippen molar-refractivity contribution in [3.05, 3.63) is 29.8 Å². The van der Waals surface area contributed by atoms with E-state index in [0.717, 1.165) is 19.6 Å². The first-order chi connectivity index (χ1) is 9.56. The van der Waals surface area contributed by atoms with Gasteiger partial charge in [0, 0.05) is 24.6 Å². The van der Waals surface area contributed by atoms with Crippen LogP contribution in [0.5, 0.6) is 5.75 Å². The molecular formula is C16H24N2O2. The molecule has 2 rings (SSSR count). The summed E-state index contributed by atoms with van der Waals surface area (Å²) in [6.45, 7) is 3.08. The molecule has 1 aliphatic heterocycles. The molecule has 0 aliphatic carbocycles. The molecule has 0 aromatic heterocycles. The largest absolute Gasteiger partial charge is 0.508 e. The van der Waals surface area contributed by atoms with Crippen molar-refractivity contribution < 1.29 is 9.90 Å². The van der Waals surface area contributed by atoms with Gasteiger partial charge >= 0.3 is 0 Å². The molecule has 1 aliphatic rings. The lowest BCUT2D eigenvalue weighted by atomic mass is 10.0. The van der Waals surface area contributed by atoms with Gasteiger partial charge in [0.25, 0.3) is 0 Å². The number of phenols is 1. The topological polar surface area (TPSA) is 43.8 Å². The van der Waals surface area contributed by atoms with E-state index in [-0.39, 0.29) is 11.5 Å². The third kappa shape index (κ3) is 4.05. The molecule has 20 heavy (non-hydrogen) atoms. The average Bonchev–Trinajstić information content (AvgIpc) is 2.46. The van der Waals surface area contributed by atoms with Gasteiger partial charge in [-0.1, -0.05) is 0 Å². The van der Waals surface area contributed by atoms with E-state index in [4.69, 9.17) is 0 Å². The summed E-state index contributed by atoms with van der Waals surface area (Å²) < 4.78 is 0. The fraction of sp³-hybridized carbons (Fsp3) is 0.562. The highest BCUT2D eigenvalue weighted by atomic mass is 16.3. The molecule has 1 aromatic rings. The zero-order chi connectivity index (χ0) is 14.5. The molecule has 1 heterocycles. The van der Waals surface area contributed by atoms with Crippen molar-refractivity contribution in [3.8, 4) is 5.75 Å². The lowest BCUT2D eigenvalue weighted by molar-refractivity contribution is 0.0939. The van der Waals surface area contributed by atoms with Crippen molar-refractivity contribution >= 4 is 5.78 Å². The molecule has 1 aromatic carbocycles. The quantitative estimate of drug-likeness (QED) is 0.835. The predicted molar refractivity (Wildman–Crippen MR) is 80.2 cm³/mol. The minimum absolute atomic E-state index is 0.143. The van der Waals surface area contributed by atoms with E-state index in [1.807, 2.05) is 0 Å². The monoisotopic (exact) mass is 276 g/mol. The zero-order valence-electron chi connectivity index (χ0n) is 12.4. The average molecular weight is 276 g/mol. The Morgan fingerprint density at radius 3 is 2.50 bits per heavy atom. The summed E-state index contributed by atoms with van der Waals surface area (Å²) in [5, 5.41) is 9.22. The molecule has 1 saturated heterocycles. The summed E-state index contributed by atoms with van der Waals surface area (Å²) in [4.78, 5) is 16.7. The minimum Gasteiger partial charge on any atom is -0.508 e. The van der Waals surface area contributed by atoms with Crippen LogP contribution >= 0.6 is 0 Å². The number of hydrogen-bond acceptors (Lipinski definition) is 4. The molecule has 0 spiro atoms. The summed E-state index contributed by atoms with van der Waals surface area (Å²) in [5.41, 5.74) is 0.680. The summed E-state index contributed by atoms with van der Waals surface area (Å²) in [5.74, 6) is 0.342. The van der Waals surface area contributed by atoms with Gasteiger partial charge in [-0.15, -0.1) is 0 Å². The van der Waals surface area contributed by atoms with E-state index in [1.165, 1.54) is 12.8 Å². The lowest BCUT2D eigenvalue weighted by Gasteiger charge is -2.35. The van der Waals surface area contributed by atoms with Crippen LogP contribution in [0.2, 0.25) is 0 Å². The molecule has 110 valence electrons. The Hall–Kier alpha value is -1.39. The van der Waals surface area contributed by atoms with Crippen LogP contribution in [0.4, 0.5) is 0 Å². The van der Waals surface area contributed by atoms with Crippen LogP contribution in [0, 0.1) is 0 Å². The molecule has 1 N–H and O–H groups in total. The van der Waals surface area contributed by atoms with E-state index >= 15 is 0 Å². The number of phenolic OH excluding ortho intramolecular Hbond substituents is 1. The third-order valence-electron chi connectivity index (χ3n) is 4.19. The Bertz CT molecular complexity index is 436. The number of hydrogen-bond donors (Lipinski definition) is 1. The van der Waals surface area contributed by atoms with E-state index < -0.39 is 0 Å². The number of piperidine rings is 1. The first kappa shape index (κ1) is 15.0. The first-order valence-electron chi connectivity index (χ1n) is 7.27. The molecule has 0 saturated carbocycles. The first-order valence-corrected chi connectivity index (χ1v) is 7.27. The van der Waals surface area contributed by atoms with Gasteiger partial charge in [-0.05, 0) is 64.3 Å². The number of benzene rings is 1. The van der Waals surface area contributed by atoms with Gasteiger partial charge in [-0.3, -0.25) is 4.79 Å². The van der Waals surface area contributed by atoms with E-state index in [0.29, 0.717) is 18.0 Å². The molecule has 0 amide bonds. The molecule has 0 unspecified atom stereocenters. The highest BCUT2D eigenvalue weighted by Crippen LogP contribution is 2.15. The van der Waals surface area contributed by atoms with Crippen LogP contribution in [-0.2, 0) is 0 Å². The Morgan fingerprint density at radius 2 is 1.90 bits per heavy atom.